The van der Waals surface area contributed by atoms with E-state index in [9.17, 15) is 4.39 Å². The van der Waals surface area contributed by atoms with Crippen molar-refractivity contribution in [2.75, 3.05) is 5.43 Å². The van der Waals surface area contributed by atoms with Crippen molar-refractivity contribution in [3.63, 3.8) is 0 Å². The van der Waals surface area contributed by atoms with Gasteiger partial charge >= 0.3 is 0 Å². The molecule has 4 heteroatoms. The quantitative estimate of drug-likeness (QED) is 0.508. The summed E-state index contributed by atoms with van der Waals surface area (Å²) >= 11 is 5.80. The van der Waals surface area contributed by atoms with E-state index in [4.69, 9.17) is 11.6 Å². The van der Waals surface area contributed by atoms with Crippen LogP contribution in [0.5, 0.6) is 0 Å². The van der Waals surface area contributed by atoms with E-state index in [-0.39, 0.29) is 5.02 Å². The van der Waals surface area contributed by atoms with Gasteiger partial charge in [-0.3, -0.25) is 5.43 Å². The summed E-state index contributed by atoms with van der Waals surface area (Å²) in [5.41, 5.74) is 6.34. The van der Waals surface area contributed by atoms with Crippen molar-refractivity contribution < 1.29 is 4.39 Å². The van der Waals surface area contributed by atoms with Gasteiger partial charge in [0.05, 0.1) is 16.4 Å². The van der Waals surface area contributed by atoms with Gasteiger partial charge in [0.2, 0.25) is 0 Å². The van der Waals surface area contributed by atoms with Gasteiger partial charge in [0, 0.05) is 11.1 Å². The van der Waals surface area contributed by atoms with E-state index in [2.05, 4.69) is 10.5 Å². The van der Waals surface area contributed by atoms with E-state index in [1.165, 1.54) is 12.1 Å². The Kier molecular flexibility index (Phi) is 4.69. The molecular formula is C19H14ClFN2. The Bertz CT molecular complexity index is 776. The number of rotatable bonds is 4. The molecule has 0 atom stereocenters. The van der Waals surface area contributed by atoms with Crippen LogP contribution in [0.25, 0.3) is 0 Å². The van der Waals surface area contributed by atoms with Crippen LogP contribution in [0.4, 0.5) is 10.1 Å². The molecule has 23 heavy (non-hydrogen) atoms. The van der Waals surface area contributed by atoms with Crippen molar-refractivity contribution in [1.29, 1.82) is 0 Å². The molecule has 3 aromatic rings. The second-order valence-electron chi connectivity index (χ2n) is 4.93. The van der Waals surface area contributed by atoms with Crippen molar-refractivity contribution in [2.24, 2.45) is 5.10 Å². The highest BCUT2D eigenvalue weighted by molar-refractivity contribution is 6.31. The average molecular weight is 325 g/mol. The highest BCUT2D eigenvalue weighted by Gasteiger charge is 2.07. The fraction of sp³-hybridized carbons (Fsp3) is 0. The Morgan fingerprint density at radius 1 is 0.826 bits per heavy atom. The molecule has 0 heterocycles. The van der Waals surface area contributed by atoms with Crippen LogP contribution in [-0.2, 0) is 0 Å². The molecule has 0 fully saturated rings. The maximum atomic E-state index is 13.2. The normalized spacial score (nSPS) is 10.2. The smallest absolute Gasteiger partial charge is 0.141 e. The van der Waals surface area contributed by atoms with Gasteiger partial charge in [0.1, 0.15) is 5.82 Å². The summed E-state index contributed by atoms with van der Waals surface area (Å²) in [6, 6.07) is 24.1. The molecule has 0 radical (unpaired) electrons. The molecule has 2 nitrogen and oxygen atoms in total. The largest absolute Gasteiger partial charge is 0.278 e. The molecule has 0 saturated heterocycles. The fourth-order valence-corrected chi connectivity index (χ4v) is 2.35. The fourth-order valence-electron chi connectivity index (χ4n) is 2.17. The number of nitrogens with zero attached hydrogens (tertiary/aromatic N) is 1. The highest BCUT2D eigenvalue weighted by Crippen LogP contribution is 2.20. The molecule has 0 amide bonds. The molecule has 0 saturated carbocycles. The lowest BCUT2D eigenvalue weighted by Gasteiger charge is -2.09. The minimum Gasteiger partial charge on any atom is -0.278 e. The average Bonchev–Trinajstić information content (AvgIpc) is 2.60. The maximum absolute atomic E-state index is 13.2. The Balaban J connectivity index is 1.96. The van der Waals surface area contributed by atoms with Gasteiger partial charge in [-0.1, -0.05) is 72.3 Å². The molecule has 114 valence electrons. The van der Waals surface area contributed by atoms with E-state index in [1.54, 1.807) is 6.07 Å². The van der Waals surface area contributed by atoms with Gasteiger partial charge in [-0.05, 0) is 18.2 Å². The summed E-state index contributed by atoms with van der Waals surface area (Å²) in [5.74, 6) is -0.451. The van der Waals surface area contributed by atoms with E-state index in [0.717, 1.165) is 16.8 Å². The van der Waals surface area contributed by atoms with Crippen LogP contribution in [0.1, 0.15) is 11.1 Å². The monoisotopic (exact) mass is 324 g/mol. The zero-order valence-corrected chi connectivity index (χ0v) is 13.0. The van der Waals surface area contributed by atoms with Crippen LogP contribution in [-0.4, -0.2) is 5.71 Å². The molecule has 0 aliphatic carbocycles. The minimum atomic E-state index is -0.451. The maximum Gasteiger partial charge on any atom is 0.141 e. The van der Waals surface area contributed by atoms with Crippen molar-refractivity contribution in [3.05, 3.63) is 101 Å². The predicted molar refractivity (Wildman–Crippen MR) is 93.6 cm³/mol. The van der Waals surface area contributed by atoms with Crippen LogP contribution in [0, 0.1) is 5.82 Å². The number of nitrogens with one attached hydrogen (secondary N) is 1. The van der Waals surface area contributed by atoms with Gasteiger partial charge in [-0.2, -0.15) is 5.10 Å². The Morgan fingerprint density at radius 2 is 1.39 bits per heavy atom. The third-order valence-corrected chi connectivity index (χ3v) is 3.60. The number of anilines is 1. The summed E-state index contributed by atoms with van der Waals surface area (Å²) in [4.78, 5) is 0. The standard InChI is InChI=1S/C19H14ClFN2/c20-17-13-16(11-12-18(17)21)22-23-19(14-7-3-1-4-8-14)15-9-5-2-6-10-15/h1-13,22H. The third-order valence-electron chi connectivity index (χ3n) is 3.31. The molecule has 3 aromatic carbocycles. The minimum absolute atomic E-state index is 0.0613. The Morgan fingerprint density at radius 3 is 1.91 bits per heavy atom. The molecular weight excluding hydrogens is 311 g/mol. The first-order chi connectivity index (χ1) is 11.2. The number of hydrogen-bond donors (Lipinski definition) is 1. The second-order valence-corrected chi connectivity index (χ2v) is 5.34. The van der Waals surface area contributed by atoms with E-state index >= 15 is 0 Å². The highest BCUT2D eigenvalue weighted by atomic mass is 35.5. The Hall–Kier alpha value is -2.65. The first kappa shape index (κ1) is 15.3. The zero-order valence-electron chi connectivity index (χ0n) is 12.2. The third kappa shape index (κ3) is 3.76. The molecule has 0 bridgehead atoms. The molecule has 0 unspecified atom stereocenters. The molecule has 0 aliphatic rings. The van der Waals surface area contributed by atoms with Crippen LogP contribution in [0.3, 0.4) is 0 Å². The molecule has 0 aromatic heterocycles. The van der Waals surface area contributed by atoms with Crippen LogP contribution < -0.4 is 5.43 Å². The van der Waals surface area contributed by atoms with Crippen LogP contribution in [0.15, 0.2) is 84.0 Å². The summed E-state index contributed by atoms with van der Waals surface area (Å²) in [7, 11) is 0. The molecule has 0 aliphatic heterocycles. The van der Waals surface area contributed by atoms with Crippen molar-refractivity contribution >= 4 is 23.0 Å². The lowest BCUT2D eigenvalue weighted by atomic mass is 10.0. The first-order valence-corrected chi connectivity index (χ1v) is 7.51. The SMILES string of the molecule is Fc1ccc(NN=C(c2ccccc2)c2ccccc2)cc1Cl. The predicted octanol–water partition coefficient (Wildman–Crippen LogP) is 5.34. The summed E-state index contributed by atoms with van der Waals surface area (Å²) in [6.07, 6.45) is 0. The van der Waals surface area contributed by atoms with Gasteiger partial charge in [0.15, 0.2) is 0 Å². The number of hydrogen-bond acceptors (Lipinski definition) is 2. The van der Waals surface area contributed by atoms with E-state index in [0.29, 0.717) is 5.69 Å². The summed E-state index contributed by atoms with van der Waals surface area (Å²) < 4.78 is 13.2. The van der Waals surface area contributed by atoms with Crippen molar-refractivity contribution in [2.45, 2.75) is 0 Å². The molecule has 3 rings (SSSR count). The van der Waals surface area contributed by atoms with Crippen LogP contribution in [0.2, 0.25) is 5.02 Å². The Labute approximate surface area is 139 Å². The van der Waals surface area contributed by atoms with Gasteiger partial charge in [-0.25, -0.2) is 4.39 Å². The van der Waals surface area contributed by atoms with Gasteiger partial charge < -0.3 is 0 Å². The van der Waals surface area contributed by atoms with E-state index in [1.807, 2.05) is 60.7 Å². The van der Waals surface area contributed by atoms with Crippen molar-refractivity contribution in [3.8, 4) is 0 Å². The lowest BCUT2D eigenvalue weighted by Crippen LogP contribution is -2.06. The van der Waals surface area contributed by atoms with E-state index < -0.39 is 5.82 Å². The summed E-state index contributed by atoms with van der Waals surface area (Å²) in [6.45, 7) is 0. The van der Waals surface area contributed by atoms with Crippen LogP contribution >= 0.6 is 11.6 Å². The number of hydrazone groups is 1. The van der Waals surface area contributed by atoms with Crippen molar-refractivity contribution in [1.82, 2.24) is 0 Å². The number of benzene rings is 3. The van der Waals surface area contributed by atoms with Gasteiger partial charge in [0.25, 0.3) is 0 Å². The molecule has 1 N–H and O–H groups in total. The summed E-state index contributed by atoms with van der Waals surface area (Å²) in [5, 5.41) is 4.55. The lowest BCUT2D eigenvalue weighted by molar-refractivity contribution is 0.628. The molecule has 0 spiro atoms. The zero-order chi connectivity index (χ0) is 16.1. The van der Waals surface area contributed by atoms with Gasteiger partial charge in [-0.15, -0.1) is 0 Å². The topological polar surface area (TPSA) is 24.4 Å². The number of halogens is 2. The second kappa shape index (κ2) is 7.07. The first-order valence-electron chi connectivity index (χ1n) is 7.13.